The Morgan fingerprint density at radius 3 is 2.70 bits per heavy atom. The first-order chi connectivity index (χ1) is 9.37. The quantitative estimate of drug-likeness (QED) is 0.921. The summed E-state index contributed by atoms with van der Waals surface area (Å²) in [6.07, 6.45) is 1.08. The molecule has 1 unspecified atom stereocenters. The summed E-state index contributed by atoms with van der Waals surface area (Å²) in [5.74, 6) is 0. The molecule has 4 heteroatoms. The summed E-state index contributed by atoms with van der Waals surface area (Å²) in [6, 6.07) is 6.77. The maximum atomic E-state index is 6.41. The predicted octanol–water partition coefficient (Wildman–Crippen LogP) is 3.45. The Morgan fingerprint density at radius 1 is 1.40 bits per heavy atom. The lowest BCUT2D eigenvalue weighted by Gasteiger charge is -2.26. The number of ether oxygens (including phenoxy) is 1. The summed E-state index contributed by atoms with van der Waals surface area (Å²) >= 11 is 6.41. The molecule has 3 nitrogen and oxygen atoms in total. The van der Waals surface area contributed by atoms with Crippen molar-refractivity contribution in [3.05, 3.63) is 28.8 Å². The minimum Gasteiger partial charge on any atom is -0.379 e. The van der Waals surface area contributed by atoms with Crippen molar-refractivity contribution in [2.75, 3.05) is 25.2 Å². The summed E-state index contributed by atoms with van der Waals surface area (Å²) < 4.78 is 5.45. The predicted molar refractivity (Wildman–Crippen MR) is 85.7 cm³/mol. The molecule has 0 saturated carbocycles. The van der Waals surface area contributed by atoms with Gasteiger partial charge in [0, 0.05) is 36.4 Å². The van der Waals surface area contributed by atoms with E-state index in [0.717, 1.165) is 42.5 Å². The molecular formula is C16H25ClN2O. The van der Waals surface area contributed by atoms with Gasteiger partial charge in [-0.3, -0.25) is 0 Å². The van der Waals surface area contributed by atoms with Crippen LogP contribution < -0.4 is 10.2 Å². The molecule has 20 heavy (non-hydrogen) atoms. The zero-order valence-electron chi connectivity index (χ0n) is 12.9. The summed E-state index contributed by atoms with van der Waals surface area (Å²) in [7, 11) is 2.11. The lowest BCUT2D eigenvalue weighted by molar-refractivity contribution is 0.193. The van der Waals surface area contributed by atoms with Crippen LogP contribution in [-0.2, 0) is 11.3 Å². The number of hydrogen-bond donors (Lipinski definition) is 1. The number of anilines is 1. The molecule has 0 bridgehead atoms. The number of nitrogens with zero attached hydrogens (tertiary/aromatic N) is 1. The second-order valence-corrected chi connectivity index (χ2v) is 6.91. The summed E-state index contributed by atoms with van der Waals surface area (Å²) in [6.45, 7) is 8.92. The molecule has 112 valence electrons. The van der Waals surface area contributed by atoms with Crippen LogP contribution >= 0.6 is 11.6 Å². The zero-order valence-corrected chi connectivity index (χ0v) is 13.6. The van der Waals surface area contributed by atoms with Gasteiger partial charge < -0.3 is 15.0 Å². The molecule has 1 aliphatic rings. The topological polar surface area (TPSA) is 24.5 Å². The summed E-state index contributed by atoms with van der Waals surface area (Å²) in [5, 5.41) is 4.29. The van der Waals surface area contributed by atoms with E-state index in [0.29, 0.717) is 6.04 Å². The SMILES string of the molecule is CN(c1ccc(CNC(C)(C)C)c(Cl)c1)C1CCOC1. The number of halogens is 1. The fraction of sp³-hybridized carbons (Fsp3) is 0.625. The Kier molecular flexibility index (Phi) is 4.95. The molecule has 1 aromatic rings. The van der Waals surface area contributed by atoms with Crippen molar-refractivity contribution < 1.29 is 4.74 Å². The number of hydrogen-bond acceptors (Lipinski definition) is 3. The van der Waals surface area contributed by atoms with Gasteiger partial charge in [-0.25, -0.2) is 0 Å². The second kappa shape index (κ2) is 6.33. The molecule has 0 aliphatic carbocycles. The first-order valence-corrected chi connectivity index (χ1v) is 7.58. The average Bonchev–Trinajstić information content (AvgIpc) is 2.89. The van der Waals surface area contributed by atoms with Crippen molar-refractivity contribution >= 4 is 17.3 Å². The van der Waals surface area contributed by atoms with E-state index in [4.69, 9.17) is 16.3 Å². The molecule has 1 saturated heterocycles. The van der Waals surface area contributed by atoms with Gasteiger partial charge in [0.2, 0.25) is 0 Å². The third-order valence-corrected chi connectivity index (χ3v) is 4.06. The van der Waals surface area contributed by atoms with Crippen LogP contribution in [0.5, 0.6) is 0 Å². The molecule has 2 rings (SSSR count). The van der Waals surface area contributed by atoms with Crippen molar-refractivity contribution in [1.29, 1.82) is 0 Å². The first kappa shape index (κ1) is 15.6. The van der Waals surface area contributed by atoms with Gasteiger partial charge in [0.1, 0.15) is 0 Å². The number of likely N-dealkylation sites (N-methyl/N-ethyl adjacent to an activating group) is 1. The highest BCUT2D eigenvalue weighted by Crippen LogP contribution is 2.26. The van der Waals surface area contributed by atoms with E-state index in [1.165, 1.54) is 0 Å². The lowest BCUT2D eigenvalue weighted by Crippen LogP contribution is -2.35. The van der Waals surface area contributed by atoms with Gasteiger partial charge in [0.25, 0.3) is 0 Å². The molecule has 1 N–H and O–H groups in total. The van der Waals surface area contributed by atoms with Crippen molar-refractivity contribution in [1.82, 2.24) is 5.32 Å². The monoisotopic (exact) mass is 296 g/mol. The first-order valence-electron chi connectivity index (χ1n) is 7.21. The second-order valence-electron chi connectivity index (χ2n) is 6.51. The smallest absolute Gasteiger partial charge is 0.0670 e. The van der Waals surface area contributed by atoms with Crippen LogP contribution in [0.4, 0.5) is 5.69 Å². The largest absolute Gasteiger partial charge is 0.379 e. The molecule has 1 aliphatic heterocycles. The minimum atomic E-state index is 0.0972. The Labute approximate surface area is 127 Å². The Bertz CT molecular complexity index is 450. The van der Waals surface area contributed by atoms with Crippen LogP contribution in [0.15, 0.2) is 18.2 Å². The van der Waals surface area contributed by atoms with Crippen molar-refractivity contribution in [2.24, 2.45) is 0 Å². The van der Waals surface area contributed by atoms with Gasteiger partial charge in [-0.05, 0) is 44.9 Å². The molecule has 0 amide bonds. The van der Waals surface area contributed by atoms with Gasteiger partial charge >= 0.3 is 0 Å². The van der Waals surface area contributed by atoms with Crippen molar-refractivity contribution in [3.8, 4) is 0 Å². The van der Waals surface area contributed by atoms with Crippen molar-refractivity contribution in [3.63, 3.8) is 0 Å². The maximum Gasteiger partial charge on any atom is 0.0670 e. The molecule has 0 spiro atoms. The highest BCUT2D eigenvalue weighted by atomic mass is 35.5. The number of rotatable bonds is 4. The van der Waals surface area contributed by atoms with E-state index >= 15 is 0 Å². The summed E-state index contributed by atoms with van der Waals surface area (Å²) in [5.41, 5.74) is 2.39. The molecule has 1 fully saturated rings. The zero-order chi connectivity index (χ0) is 14.8. The molecule has 1 aromatic carbocycles. The van der Waals surface area contributed by atoms with E-state index in [9.17, 15) is 0 Å². The van der Waals surface area contributed by atoms with Gasteiger partial charge in [-0.1, -0.05) is 17.7 Å². The van der Waals surface area contributed by atoms with Crippen molar-refractivity contribution in [2.45, 2.75) is 45.3 Å². The van der Waals surface area contributed by atoms with E-state index in [-0.39, 0.29) is 5.54 Å². The van der Waals surface area contributed by atoms with Crippen LogP contribution in [0, 0.1) is 0 Å². The highest BCUT2D eigenvalue weighted by Gasteiger charge is 2.21. The molecule has 1 heterocycles. The molecule has 1 atom stereocenters. The molecular weight excluding hydrogens is 272 g/mol. The average molecular weight is 297 g/mol. The van der Waals surface area contributed by atoms with E-state index in [1.807, 2.05) is 0 Å². The van der Waals surface area contributed by atoms with Crippen LogP contribution in [-0.4, -0.2) is 31.8 Å². The maximum absolute atomic E-state index is 6.41. The van der Waals surface area contributed by atoms with Crippen LogP contribution in [0.1, 0.15) is 32.8 Å². The highest BCUT2D eigenvalue weighted by molar-refractivity contribution is 6.31. The third kappa shape index (κ3) is 4.11. The van der Waals surface area contributed by atoms with Crippen LogP contribution in [0.3, 0.4) is 0 Å². The van der Waals surface area contributed by atoms with E-state index < -0.39 is 0 Å². The number of nitrogens with one attached hydrogen (secondary N) is 1. The minimum absolute atomic E-state index is 0.0972. The Hall–Kier alpha value is -0.770. The fourth-order valence-electron chi connectivity index (χ4n) is 2.30. The third-order valence-electron chi connectivity index (χ3n) is 3.71. The lowest BCUT2D eigenvalue weighted by atomic mass is 10.1. The molecule has 0 radical (unpaired) electrons. The van der Waals surface area contributed by atoms with E-state index in [2.05, 4.69) is 56.2 Å². The molecule has 0 aromatic heterocycles. The number of benzene rings is 1. The van der Waals surface area contributed by atoms with Crippen LogP contribution in [0.25, 0.3) is 0 Å². The normalized spacial score (nSPS) is 19.4. The van der Waals surface area contributed by atoms with Gasteiger partial charge in [0.05, 0.1) is 12.6 Å². The standard InChI is InChI=1S/C16H25ClN2O/c1-16(2,3)18-10-12-5-6-13(9-15(12)17)19(4)14-7-8-20-11-14/h5-6,9,14,18H,7-8,10-11H2,1-4H3. The summed E-state index contributed by atoms with van der Waals surface area (Å²) in [4.78, 5) is 2.26. The van der Waals surface area contributed by atoms with Gasteiger partial charge in [-0.2, -0.15) is 0 Å². The van der Waals surface area contributed by atoms with Crippen LogP contribution in [0.2, 0.25) is 5.02 Å². The van der Waals surface area contributed by atoms with Gasteiger partial charge in [-0.15, -0.1) is 0 Å². The Balaban J connectivity index is 2.05. The van der Waals surface area contributed by atoms with E-state index in [1.54, 1.807) is 0 Å². The fourth-order valence-corrected chi connectivity index (χ4v) is 2.54. The van der Waals surface area contributed by atoms with Gasteiger partial charge in [0.15, 0.2) is 0 Å². The Morgan fingerprint density at radius 2 is 2.15 bits per heavy atom.